The zero-order valence-corrected chi connectivity index (χ0v) is 23.6. The van der Waals surface area contributed by atoms with Gasteiger partial charge in [-0.25, -0.2) is 4.39 Å². The highest BCUT2D eigenvalue weighted by Gasteiger charge is 2.49. The molecule has 3 aromatic carbocycles. The van der Waals surface area contributed by atoms with Crippen molar-refractivity contribution >= 4 is 11.8 Å². The van der Waals surface area contributed by atoms with Crippen LogP contribution in [0.2, 0.25) is 0 Å². The molecule has 2 saturated heterocycles. The van der Waals surface area contributed by atoms with Crippen LogP contribution < -0.4 is 5.32 Å². The zero-order valence-electron chi connectivity index (χ0n) is 23.6. The predicted molar refractivity (Wildman–Crippen MR) is 146 cm³/mol. The number of carbonyl (C=O) groups is 2. The molecule has 0 aromatic heterocycles. The number of alkyl halides is 6. The number of nitrogens with one attached hydrogen (secondary N) is 1. The van der Waals surface area contributed by atoms with Gasteiger partial charge in [-0.05, 0) is 79.1 Å². The van der Waals surface area contributed by atoms with E-state index in [2.05, 4.69) is 5.32 Å². The summed E-state index contributed by atoms with van der Waals surface area (Å²) in [7, 11) is 0. The number of fused-ring (bicyclic) bond motifs is 1. The van der Waals surface area contributed by atoms with Crippen molar-refractivity contribution in [3.63, 3.8) is 0 Å². The van der Waals surface area contributed by atoms with E-state index in [0.717, 1.165) is 0 Å². The summed E-state index contributed by atoms with van der Waals surface area (Å²) in [4.78, 5) is 27.8. The Morgan fingerprint density at radius 2 is 1.58 bits per heavy atom. The summed E-state index contributed by atoms with van der Waals surface area (Å²) >= 11 is 0. The third-order valence-electron chi connectivity index (χ3n) is 8.18. The van der Waals surface area contributed by atoms with E-state index in [1.807, 2.05) is 6.07 Å². The van der Waals surface area contributed by atoms with Crippen LogP contribution in [0.15, 0.2) is 66.7 Å². The molecule has 45 heavy (non-hydrogen) atoms. The molecule has 2 amide bonds. The lowest BCUT2D eigenvalue weighted by molar-refractivity contribution is -0.143. The van der Waals surface area contributed by atoms with Crippen LogP contribution in [0.1, 0.15) is 70.0 Å². The molecule has 2 heterocycles. The summed E-state index contributed by atoms with van der Waals surface area (Å²) in [5.41, 5.74) is -2.11. The zero-order chi connectivity index (χ0) is 32.7. The largest absolute Gasteiger partial charge is 0.416 e. The Morgan fingerprint density at radius 3 is 2.13 bits per heavy atom. The fourth-order valence-corrected chi connectivity index (χ4v) is 6.03. The average molecular weight is 634 g/mol. The summed E-state index contributed by atoms with van der Waals surface area (Å²) in [5.74, 6) is -1.97. The average Bonchev–Trinajstić information content (AvgIpc) is 3.34. The van der Waals surface area contributed by atoms with Crippen molar-refractivity contribution in [2.45, 2.75) is 62.3 Å². The summed E-state index contributed by atoms with van der Waals surface area (Å²) in [6, 6.07) is 13.3. The lowest BCUT2D eigenvalue weighted by atomic mass is 9.84. The molecule has 13 heteroatoms. The Kier molecular flexibility index (Phi) is 8.64. The first-order valence-corrected chi connectivity index (χ1v) is 13.9. The van der Waals surface area contributed by atoms with Gasteiger partial charge >= 0.3 is 12.4 Å². The van der Waals surface area contributed by atoms with Crippen LogP contribution in [0.5, 0.6) is 0 Å². The van der Waals surface area contributed by atoms with E-state index in [9.17, 15) is 40.3 Å². The number of rotatable bonds is 6. The van der Waals surface area contributed by atoms with Crippen LogP contribution in [0, 0.1) is 17.1 Å². The van der Waals surface area contributed by atoms with E-state index in [4.69, 9.17) is 10.00 Å². The van der Waals surface area contributed by atoms with Gasteiger partial charge in [0.15, 0.2) is 0 Å². The number of hydrogen-bond donors (Lipinski definition) is 1. The van der Waals surface area contributed by atoms with Crippen molar-refractivity contribution in [2.75, 3.05) is 6.54 Å². The number of ether oxygens (including phenoxy) is 1. The van der Waals surface area contributed by atoms with Crippen molar-refractivity contribution in [1.82, 2.24) is 10.2 Å². The number of nitrogens with zero attached hydrogens (tertiary/aromatic N) is 2. The van der Waals surface area contributed by atoms with Crippen molar-refractivity contribution in [1.29, 1.82) is 5.26 Å². The maximum atomic E-state index is 13.8. The van der Waals surface area contributed by atoms with E-state index in [1.165, 1.54) is 60.4 Å². The number of benzene rings is 3. The molecular weight excluding hydrogens is 607 g/mol. The molecule has 5 atom stereocenters. The summed E-state index contributed by atoms with van der Waals surface area (Å²) in [6.07, 6.45) is -12.0. The lowest BCUT2D eigenvalue weighted by Gasteiger charge is -2.37. The molecule has 0 radical (unpaired) electrons. The minimum atomic E-state index is -5.04. The molecular formula is C32H26F7N3O3. The number of halogens is 7. The molecule has 2 aliphatic heterocycles. The van der Waals surface area contributed by atoms with Crippen LogP contribution >= 0.6 is 0 Å². The number of nitriles is 1. The Morgan fingerprint density at radius 1 is 0.978 bits per heavy atom. The Balaban J connectivity index is 1.42. The van der Waals surface area contributed by atoms with E-state index in [-0.39, 0.29) is 42.5 Å². The van der Waals surface area contributed by atoms with Gasteiger partial charge < -0.3 is 15.0 Å². The molecule has 0 saturated carbocycles. The fraction of sp³-hybridized carbons (Fsp3) is 0.344. The first kappa shape index (κ1) is 32.0. The molecule has 5 rings (SSSR count). The third kappa shape index (κ3) is 6.96. The van der Waals surface area contributed by atoms with Gasteiger partial charge in [0.2, 0.25) is 5.91 Å². The van der Waals surface area contributed by atoms with Crippen LogP contribution in [-0.4, -0.2) is 41.4 Å². The number of piperidine rings is 1. The molecule has 1 unspecified atom stereocenters. The second-order valence-corrected chi connectivity index (χ2v) is 11.1. The Bertz CT molecular complexity index is 1580. The second kappa shape index (κ2) is 12.2. The number of hydrogen-bond acceptors (Lipinski definition) is 4. The van der Waals surface area contributed by atoms with Gasteiger partial charge in [0.05, 0.1) is 35.0 Å². The van der Waals surface area contributed by atoms with Gasteiger partial charge in [-0.3, -0.25) is 9.59 Å². The predicted octanol–water partition coefficient (Wildman–Crippen LogP) is 6.77. The Hall–Kier alpha value is -4.44. The molecule has 236 valence electrons. The fourth-order valence-electron chi connectivity index (χ4n) is 6.03. The highest BCUT2D eigenvalue weighted by atomic mass is 19.4. The molecule has 2 fully saturated rings. The van der Waals surface area contributed by atoms with Gasteiger partial charge in [0.25, 0.3) is 5.91 Å². The van der Waals surface area contributed by atoms with Crippen molar-refractivity contribution in [3.05, 3.63) is 106 Å². The van der Waals surface area contributed by atoms with Crippen LogP contribution in [-0.2, 0) is 21.9 Å². The first-order valence-electron chi connectivity index (χ1n) is 13.9. The van der Waals surface area contributed by atoms with E-state index in [0.29, 0.717) is 23.3 Å². The highest BCUT2D eigenvalue weighted by Crippen LogP contribution is 2.44. The smallest absolute Gasteiger partial charge is 0.368 e. The highest BCUT2D eigenvalue weighted by molar-refractivity contribution is 5.95. The maximum absolute atomic E-state index is 13.8. The van der Waals surface area contributed by atoms with Gasteiger partial charge in [0, 0.05) is 36.5 Å². The van der Waals surface area contributed by atoms with Gasteiger partial charge in [0.1, 0.15) is 5.82 Å². The van der Waals surface area contributed by atoms with Crippen molar-refractivity contribution in [3.8, 4) is 6.07 Å². The molecule has 3 aromatic rings. The van der Waals surface area contributed by atoms with Gasteiger partial charge in [-0.1, -0.05) is 12.1 Å². The quantitative estimate of drug-likeness (QED) is 0.304. The first-order chi connectivity index (χ1) is 21.1. The summed E-state index contributed by atoms with van der Waals surface area (Å²) < 4.78 is 101. The van der Waals surface area contributed by atoms with Gasteiger partial charge in [-0.2, -0.15) is 31.6 Å². The van der Waals surface area contributed by atoms with E-state index >= 15 is 0 Å². The van der Waals surface area contributed by atoms with Gasteiger partial charge in [-0.15, -0.1) is 0 Å². The number of amides is 2. The Labute approximate surface area is 253 Å². The normalized spacial score (nSPS) is 22.5. The second-order valence-electron chi connectivity index (χ2n) is 11.1. The standard InChI is InChI=1S/C32H26F7N3O3/c1-17(21-10-22(31(34,35)36)12-23(11-21)32(37,38)39)45-27-16-42-26(29(27)19-6-8-24(33)9-7-19)13-25(14-28(42)43)41-30(44)20-4-2-18(15-40)3-5-20/h2-12,17,25-27,29H,13-14,16H2,1H3,(H,41,44)/t17-,25?,26+,27+,29+/m1/s1. The minimum Gasteiger partial charge on any atom is -0.368 e. The van der Waals surface area contributed by atoms with Crippen LogP contribution in [0.4, 0.5) is 30.7 Å². The minimum absolute atomic E-state index is 0.0166. The molecule has 0 aliphatic carbocycles. The van der Waals surface area contributed by atoms with Crippen molar-refractivity contribution in [2.24, 2.45) is 0 Å². The summed E-state index contributed by atoms with van der Waals surface area (Å²) in [6.45, 7) is 1.31. The monoisotopic (exact) mass is 633 g/mol. The molecule has 0 bridgehead atoms. The van der Waals surface area contributed by atoms with E-state index < -0.39 is 65.4 Å². The number of carbonyl (C=O) groups excluding carboxylic acids is 2. The molecule has 6 nitrogen and oxygen atoms in total. The summed E-state index contributed by atoms with van der Waals surface area (Å²) in [5, 5.41) is 11.8. The van der Waals surface area contributed by atoms with Crippen LogP contribution in [0.25, 0.3) is 0 Å². The molecule has 2 aliphatic rings. The molecule has 1 N–H and O–H groups in total. The van der Waals surface area contributed by atoms with Crippen molar-refractivity contribution < 1.29 is 45.1 Å². The SMILES string of the molecule is C[C@@H](O[C@H]1CN2C(=O)CC(NC(=O)c3ccc(C#N)cc3)C[C@H]2[C@@H]1c1ccc(F)cc1)c1cc(C(F)(F)F)cc(C(F)(F)F)c1. The lowest BCUT2D eigenvalue weighted by Crippen LogP contribution is -2.51. The van der Waals surface area contributed by atoms with Crippen LogP contribution in [0.3, 0.4) is 0 Å². The maximum Gasteiger partial charge on any atom is 0.416 e. The topological polar surface area (TPSA) is 82.4 Å². The van der Waals surface area contributed by atoms with E-state index in [1.54, 1.807) is 0 Å². The third-order valence-corrected chi connectivity index (χ3v) is 8.18. The molecule has 0 spiro atoms.